The summed E-state index contributed by atoms with van der Waals surface area (Å²) in [7, 11) is 0. The molecule has 0 atom stereocenters. The van der Waals surface area contributed by atoms with Crippen LogP contribution in [0.2, 0.25) is 0 Å². The molecule has 0 amide bonds. The molecule has 0 unspecified atom stereocenters. The molecule has 4 heteroatoms. The third kappa shape index (κ3) is 4.22. The Morgan fingerprint density at radius 3 is 1.97 bits per heavy atom. The Balaban J connectivity index is 1.52. The topological polar surface area (TPSA) is 25.8 Å². The zero-order valence-electron chi connectivity index (χ0n) is 20.2. The quantitative estimate of drug-likeness (QED) is 0.261. The van der Waals surface area contributed by atoms with Crippen LogP contribution >= 0.6 is 22.7 Å². The Hall–Kier alpha value is -2.56. The number of benzene rings is 3. The second kappa shape index (κ2) is 8.03. The van der Waals surface area contributed by atoms with Gasteiger partial charge in [-0.2, -0.15) is 0 Å². The molecule has 0 aliphatic carbocycles. The summed E-state index contributed by atoms with van der Waals surface area (Å²) in [6, 6.07) is 22.1. The van der Waals surface area contributed by atoms with E-state index in [1.165, 1.54) is 36.7 Å². The van der Waals surface area contributed by atoms with Crippen LogP contribution in [0.3, 0.4) is 0 Å². The van der Waals surface area contributed by atoms with Gasteiger partial charge in [0, 0.05) is 11.0 Å². The molecule has 2 nitrogen and oxygen atoms in total. The first-order valence-corrected chi connectivity index (χ1v) is 13.2. The van der Waals surface area contributed by atoms with Crippen LogP contribution in [0.5, 0.6) is 0 Å². The van der Waals surface area contributed by atoms with E-state index in [-0.39, 0.29) is 10.8 Å². The third-order valence-electron chi connectivity index (χ3n) is 6.53. The van der Waals surface area contributed by atoms with Crippen molar-refractivity contribution in [1.29, 1.82) is 0 Å². The van der Waals surface area contributed by atoms with Gasteiger partial charge in [0.2, 0.25) is 0 Å². The van der Waals surface area contributed by atoms with Gasteiger partial charge in [-0.1, -0.05) is 71.9 Å². The number of fused-ring (bicyclic) bond motifs is 2. The fraction of sp³-hybridized carbons (Fsp3) is 0.310. The van der Waals surface area contributed by atoms with E-state index < -0.39 is 0 Å². The van der Waals surface area contributed by atoms with Crippen molar-refractivity contribution in [1.82, 2.24) is 9.97 Å². The molecule has 33 heavy (non-hydrogen) atoms. The van der Waals surface area contributed by atoms with Crippen LogP contribution in [0.4, 0.5) is 0 Å². The molecule has 0 aliphatic heterocycles. The maximum absolute atomic E-state index is 4.96. The van der Waals surface area contributed by atoms with E-state index in [1.807, 2.05) is 0 Å². The summed E-state index contributed by atoms with van der Waals surface area (Å²) in [5.74, 6) is 0. The fourth-order valence-corrected chi connectivity index (χ4v) is 5.99. The molecule has 0 saturated heterocycles. The molecular weight excluding hydrogens is 440 g/mol. The Morgan fingerprint density at radius 2 is 1.33 bits per heavy atom. The minimum atomic E-state index is 0.0748. The van der Waals surface area contributed by atoms with Gasteiger partial charge < -0.3 is 0 Å². The van der Waals surface area contributed by atoms with Crippen LogP contribution in [-0.4, -0.2) is 9.97 Å². The first kappa shape index (κ1) is 22.2. The minimum absolute atomic E-state index is 0.0748. The van der Waals surface area contributed by atoms with Gasteiger partial charge in [-0.15, -0.1) is 22.7 Å². The van der Waals surface area contributed by atoms with Gasteiger partial charge >= 0.3 is 0 Å². The van der Waals surface area contributed by atoms with Gasteiger partial charge in [-0.05, 0) is 58.9 Å². The summed E-state index contributed by atoms with van der Waals surface area (Å²) in [6.45, 7) is 13.5. The standard InChI is InChI=1S/C29H30N2S2/c1-7-29(5,6)21-10-8-9-20(15-21)26-30-22-13-11-18(16-24(22)32-26)19-12-14-23-25(17-19)33-27(31-23)28(2,3)4/h8-17H,7H2,1-6H3. The molecule has 5 rings (SSSR count). The van der Waals surface area contributed by atoms with Crippen LogP contribution in [0, 0.1) is 0 Å². The van der Waals surface area contributed by atoms with Crippen molar-refractivity contribution in [3.8, 4) is 21.7 Å². The zero-order chi connectivity index (χ0) is 23.4. The molecule has 0 saturated carbocycles. The Kier molecular flexibility index (Phi) is 5.42. The lowest BCUT2D eigenvalue weighted by atomic mass is 9.82. The van der Waals surface area contributed by atoms with Crippen molar-refractivity contribution in [2.45, 2.75) is 58.8 Å². The second-order valence-electron chi connectivity index (χ2n) is 10.5. The SMILES string of the molecule is CCC(C)(C)c1cccc(-c2nc3ccc(-c4ccc5nc(C(C)(C)C)sc5c4)cc3s2)c1. The van der Waals surface area contributed by atoms with Crippen molar-refractivity contribution >= 4 is 43.1 Å². The highest BCUT2D eigenvalue weighted by Crippen LogP contribution is 2.37. The molecule has 2 heterocycles. The molecule has 2 aromatic heterocycles. The van der Waals surface area contributed by atoms with Gasteiger partial charge in [0.05, 0.1) is 25.4 Å². The van der Waals surface area contributed by atoms with Gasteiger partial charge in [0.15, 0.2) is 0 Å². The van der Waals surface area contributed by atoms with Crippen LogP contribution < -0.4 is 0 Å². The summed E-state index contributed by atoms with van der Waals surface area (Å²) in [4.78, 5) is 9.80. The average molecular weight is 471 g/mol. The molecule has 0 aliphatic rings. The van der Waals surface area contributed by atoms with Crippen LogP contribution in [0.15, 0.2) is 60.7 Å². The number of hydrogen-bond donors (Lipinski definition) is 0. The van der Waals surface area contributed by atoms with Crippen molar-refractivity contribution in [2.75, 3.05) is 0 Å². The zero-order valence-corrected chi connectivity index (χ0v) is 21.8. The Bertz CT molecular complexity index is 1460. The first-order valence-electron chi connectivity index (χ1n) is 11.6. The fourth-order valence-electron chi connectivity index (χ4n) is 3.93. The number of aromatic nitrogens is 2. The molecule has 0 fully saturated rings. The highest BCUT2D eigenvalue weighted by atomic mass is 32.1. The van der Waals surface area contributed by atoms with Gasteiger partial charge in [-0.25, -0.2) is 9.97 Å². The smallest absolute Gasteiger partial charge is 0.124 e. The van der Waals surface area contributed by atoms with Gasteiger partial charge in [-0.3, -0.25) is 0 Å². The highest BCUT2D eigenvalue weighted by molar-refractivity contribution is 7.21. The Morgan fingerprint density at radius 1 is 0.697 bits per heavy atom. The van der Waals surface area contributed by atoms with Crippen molar-refractivity contribution < 1.29 is 0 Å². The number of nitrogens with zero attached hydrogens (tertiary/aromatic N) is 2. The Labute approximate surface area is 204 Å². The average Bonchev–Trinajstić information content (AvgIpc) is 3.42. The largest absolute Gasteiger partial charge is 0.241 e. The molecule has 5 aromatic rings. The molecule has 0 N–H and O–H groups in total. The number of thiazole rings is 2. The maximum atomic E-state index is 4.96. The molecule has 0 spiro atoms. The summed E-state index contributed by atoms with van der Waals surface area (Å²) in [5.41, 5.74) is 7.43. The lowest BCUT2D eigenvalue weighted by molar-refractivity contribution is 0.506. The maximum Gasteiger partial charge on any atom is 0.124 e. The molecule has 3 aromatic carbocycles. The molecule has 0 radical (unpaired) electrons. The monoisotopic (exact) mass is 470 g/mol. The van der Waals surface area contributed by atoms with E-state index in [2.05, 4.69) is 102 Å². The van der Waals surface area contributed by atoms with E-state index in [0.717, 1.165) is 22.5 Å². The minimum Gasteiger partial charge on any atom is -0.241 e. The van der Waals surface area contributed by atoms with E-state index >= 15 is 0 Å². The van der Waals surface area contributed by atoms with E-state index in [0.29, 0.717) is 0 Å². The van der Waals surface area contributed by atoms with E-state index in [9.17, 15) is 0 Å². The summed E-state index contributed by atoms with van der Waals surface area (Å²) in [6.07, 6.45) is 1.11. The van der Waals surface area contributed by atoms with E-state index in [4.69, 9.17) is 9.97 Å². The van der Waals surface area contributed by atoms with Gasteiger partial charge in [0.25, 0.3) is 0 Å². The van der Waals surface area contributed by atoms with Crippen molar-refractivity contribution in [2.24, 2.45) is 0 Å². The number of hydrogen-bond acceptors (Lipinski definition) is 4. The van der Waals surface area contributed by atoms with Gasteiger partial charge in [0.1, 0.15) is 5.01 Å². The molecule has 0 bridgehead atoms. The molecule has 168 valence electrons. The first-order chi connectivity index (χ1) is 15.6. The summed E-state index contributed by atoms with van der Waals surface area (Å²) >= 11 is 3.58. The normalized spacial score (nSPS) is 12.7. The summed E-state index contributed by atoms with van der Waals surface area (Å²) in [5, 5.41) is 2.27. The lowest BCUT2D eigenvalue weighted by Crippen LogP contribution is -2.15. The van der Waals surface area contributed by atoms with Crippen molar-refractivity contribution in [3.05, 3.63) is 71.2 Å². The van der Waals surface area contributed by atoms with E-state index in [1.54, 1.807) is 22.7 Å². The van der Waals surface area contributed by atoms with Crippen LogP contribution in [0.1, 0.15) is 58.5 Å². The lowest BCUT2D eigenvalue weighted by Gasteiger charge is -2.23. The number of rotatable bonds is 4. The predicted octanol–water partition coefficient (Wildman–Crippen LogP) is 9.23. The second-order valence-corrected chi connectivity index (χ2v) is 12.5. The van der Waals surface area contributed by atoms with Crippen LogP contribution in [0.25, 0.3) is 42.1 Å². The van der Waals surface area contributed by atoms with Crippen LogP contribution in [-0.2, 0) is 10.8 Å². The third-order valence-corrected chi connectivity index (χ3v) is 9.04. The molecular formula is C29H30N2S2. The summed E-state index contributed by atoms with van der Waals surface area (Å²) < 4.78 is 2.47. The highest BCUT2D eigenvalue weighted by Gasteiger charge is 2.20. The van der Waals surface area contributed by atoms with Crippen molar-refractivity contribution in [3.63, 3.8) is 0 Å². The predicted molar refractivity (Wildman–Crippen MR) is 146 cm³/mol.